The van der Waals surface area contributed by atoms with E-state index >= 15 is 0 Å². The van der Waals surface area contributed by atoms with Crippen LogP contribution < -0.4 is 0 Å². The number of hydrogen-bond acceptors (Lipinski definition) is 2. The van der Waals surface area contributed by atoms with Crippen molar-refractivity contribution >= 4 is 0 Å². The van der Waals surface area contributed by atoms with Crippen molar-refractivity contribution in [3.05, 3.63) is 4.91 Å². The second-order valence-electron chi connectivity index (χ2n) is 2.32. The number of nitroso groups, excluding NO2 is 1. The highest BCUT2D eigenvalue weighted by atomic mass is 19.3. The van der Waals surface area contributed by atoms with Gasteiger partial charge in [-0.2, -0.15) is 4.91 Å². The molecule has 0 aromatic rings. The van der Waals surface area contributed by atoms with Crippen molar-refractivity contribution in [3.63, 3.8) is 0 Å². The van der Waals surface area contributed by atoms with E-state index in [1.807, 2.05) is 0 Å². The summed E-state index contributed by atoms with van der Waals surface area (Å²) in [6.07, 6.45) is -2.06. The van der Waals surface area contributed by atoms with Crippen molar-refractivity contribution < 1.29 is 8.78 Å². The largest absolute Gasteiger partial charge is 0.264 e. The van der Waals surface area contributed by atoms with Gasteiger partial charge in [-0.3, -0.25) is 0 Å². The minimum absolute atomic E-state index is 0.322. The Morgan fingerprint density at radius 2 is 2.00 bits per heavy atom. The van der Waals surface area contributed by atoms with Gasteiger partial charge in [-0.15, -0.1) is 0 Å². The maximum atomic E-state index is 11.8. The van der Waals surface area contributed by atoms with Crippen LogP contribution in [0.3, 0.4) is 0 Å². The van der Waals surface area contributed by atoms with Crippen molar-refractivity contribution in [2.45, 2.75) is 32.7 Å². The van der Waals surface area contributed by atoms with Gasteiger partial charge in [0.2, 0.25) is 0 Å². The van der Waals surface area contributed by atoms with Crippen LogP contribution in [0.1, 0.15) is 20.3 Å². The van der Waals surface area contributed by atoms with Gasteiger partial charge in [0, 0.05) is 0 Å². The molecule has 0 heterocycles. The molecule has 0 fully saturated rings. The summed E-state index contributed by atoms with van der Waals surface area (Å²) >= 11 is 0. The average Bonchev–Trinajstić information content (AvgIpc) is 1.88. The van der Waals surface area contributed by atoms with Gasteiger partial charge in [-0.05, 0) is 5.92 Å². The Balaban J connectivity index is 3.92. The highest BCUT2D eigenvalue weighted by molar-refractivity contribution is 4.73. The molecule has 0 aliphatic heterocycles. The molecule has 0 bridgehead atoms. The van der Waals surface area contributed by atoms with Gasteiger partial charge in [0.1, 0.15) is 0 Å². The first-order valence-electron chi connectivity index (χ1n) is 3.24. The summed E-state index contributed by atoms with van der Waals surface area (Å²) in [6.45, 7) is 3.35. The molecular weight excluding hydrogens is 140 g/mol. The Kier molecular flexibility index (Phi) is 4.07. The van der Waals surface area contributed by atoms with Crippen LogP contribution in [0, 0.1) is 10.8 Å². The first kappa shape index (κ1) is 9.46. The first-order chi connectivity index (χ1) is 4.63. The molecule has 0 rings (SSSR count). The maximum absolute atomic E-state index is 11.8. The quantitative estimate of drug-likeness (QED) is 0.567. The molecule has 0 radical (unpaired) electrons. The van der Waals surface area contributed by atoms with Crippen LogP contribution >= 0.6 is 0 Å². The summed E-state index contributed by atoms with van der Waals surface area (Å²) in [6, 6.07) is -1.33. The predicted octanol–water partition coefficient (Wildman–Crippen LogP) is 2.43. The van der Waals surface area contributed by atoms with Crippen LogP contribution in [0.25, 0.3) is 0 Å². The Labute approximate surface area is 58.6 Å². The van der Waals surface area contributed by atoms with E-state index in [0.717, 1.165) is 0 Å². The molecule has 4 heteroatoms. The molecule has 0 spiro atoms. The minimum Gasteiger partial charge on any atom is -0.208 e. The molecule has 0 aromatic heterocycles. The van der Waals surface area contributed by atoms with Gasteiger partial charge >= 0.3 is 0 Å². The molecule has 0 aliphatic carbocycles. The molecule has 60 valence electrons. The molecule has 0 aromatic carbocycles. The molecule has 0 saturated heterocycles. The van der Waals surface area contributed by atoms with Crippen LogP contribution in [-0.4, -0.2) is 12.5 Å². The van der Waals surface area contributed by atoms with Gasteiger partial charge in [-0.25, -0.2) is 8.78 Å². The Bertz CT molecular complexity index is 108. The molecule has 10 heavy (non-hydrogen) atoms. The van der Waals surface area contributed by atoms with E-state index in [1.165, 1.54) is 0 Å². The molecule has 2 atom stereocenters. The standard InChI is InChI=1S/C6H11F2NO/c1-3-4(2)5(9-10)6(7)8/h4-6H,3H2,1-2H3. The minimum atomic E-state index is -2.62. The average molecular weight is 151 g/mol. The lowest BCUT2D eigenvalue weighted by atomic mass is 10.0. The first-order valence-corrected chi connectivity index (χ1v) is 3.24. The SMILES string of the molecule is CCC(C)C(N=O)C(F)F. The summed E-state index contributed by atoms with van der Waals surface area (Å²) < 4.78 is 23.7. The number of nitrogens with zero attached hydrogens (tertiary/aromatic N) is 1. The van der Waals surface area contributed by atoms with E-state index in [-0.39, 0.29) is 5.92 Å². The molecule has 2 unspecified atom stereocenters. The number of alkyl halides is 2. The summed E-state index contributed by atoms with van der Waals surface area (Å²) in [5.74, 6) is -0.322. The smallest absolute Gasteiger partial charge is 0.208 e. The summed E-state index contributed by atoms with van der Waals surface area (Å²) in [5.41, 5.74) is 0. The second kappa shape index (κ2) is 4.30. The van der Waals surface area contributed by atoms with Crippen LogP contribution in [0.2, 0.25) is 0 Å². The van der Waals surface area contributed by atoms with E-state index in [4.69, 9.17) is 0 Å². The normalized spacial score (nSPS) is 16.9. The maximum Gasteiger partial charge on any atom is 0.264 e. The molecule has 2 nitrogen and oxygen atoms in total. The lowest BCUT2D eigenvalue weighted by Gasteiger charge is -2.13. The predicted molar refractivity (Wildman–Crippen MR) is 35.0 cm³/mol. The van der Waals surface area contributed by atoms with Gasteiger partial charge in [-0.1, -0.05) is 25.4 Å². The van der Waals surface area contributed by atoms with Crippen molar-refractivity contribution in [2.75, 3.05) is 0 Å². The van der Waals surface area contributed by atoms with E-state index in [2.05, 4.69) is 5.18 Å². The second-order valence-corrected chi connectivity index (χ2v) is 2.32. The topological polar surface area (TPSA) is 29.4 Å². The lowest BCUT2D eigenvalue weighted by molar-refractivity contribution is 0.0918. The third kappa shape index (κ3) is 2.37. The van der Waals surface area contributed by atoms with Crippen LogP contribution in [0.5, 0.6) is 0 Å². The number of rotatable bonds is 4. The van der Waals surface area contributed by atoms with E-state index in [1.54, 1.807) is 13.8 Å². The molecule has 0 N–H and O–H groups in total. The molecular formula is C6H11F2NO. The van der Waals surface area contributed by atoms with Gasteiger partial charge in [0.15, 0.2) is 6.04 Å². The Morgan fingerprint density at radius 3 is 2.10 bits per heavy atom. The Morgan fingerprint density at radius 1 is 1.50 bits per heavy atom. The number of hydrogen-bond donors (Lipinski definition) is 0. The zero-order chi connectivity index (χ0) is 8.15. The van der Waals surface area contributed by atoms with E-state index in [0.29, 0.717) is 6.42 Å². The molecule has 0 aliphatic rings. The Hall–Kier alpha value is -0.540. The van der Waals surface area contributed by atoms with Crippen molar-refractivity contribution in [3.8, 4) is 0 Å². The zero-order valence-electron chi connectivity index (χ0n) is 6.05. The lowest BCUT2D eigenvalue weighted by Crippen LogP contribution is -2.23. The third-order valence-electron chi connectivity index (χ3n) is 1.61. The van der Waals surface area contributed by atoms with Crippen molar-refractivity contribution in [1.82, 2.24) is 0 Å². The fourth-order valence-corrected chi connectivity index (χ4v) is 0.640. The van der Waals surface area contributed by atoms with Crippen LogP contribution in [0.4, 0.5) is 8.78 Å². The van der Waals surface area contributed by atoms with Crippen LogP contribution in [0.15, 0.2) is 5.18 Å². The fourth-order valence-electron chi connectivity index (χ4n) is 0.640. The highest BCUT2D eigenvalue weighted by Crippen LogP contribution is 2.17. The monoisotopic (exact) mass is 151 g/mol. The van der Waals surface area contributed by atoms with Crippen LogP contribution in [-0.2, 0) is 0 Å². The zero-order valence-corrected chi connectivity index (χ0v) is 6.05. The summed E-state index contributed by atoms with van der Waals surface area (Å²) in [5, 5.41) is 2.36. The van der Waals surface area contributed by atoms with Gasteiger partial charge in [0.05, 0.1) is 0 Å². The van der Waals surface area contributed by atoms with Crippen molar-refractivity contribution in [2.24, 2.45) is 11.1 Å². The fraction of sp³-hybridized carbons (Fsp3) is 1.00. The van der Waals surface area contributed by atoms with E-state index < -0.39 is 12.5 Å². The summed E-state index contributed by atoms with van der Waals surface area (Å²) in [4.78, 5) is 9.82. The van der Waals surface area contributed by atoms with E-state index in [9.17, 15) is 13.7 Å². The molecule has 0 saturated carbocycles. The van der Waals surface area contributed by atoms with Gasteiger partial charge < -0.3 is 0 Å². The molecule has 0 amide bonds. The van der Waals surface area contributed by atoms with Crippen molar-refractivity contribution in [1.29, 1.82) is 0 Å². The third-order valence-corrected chi connectivity index (χ3v) is 1.61. The summed E-state index contributed by atoms with van der Waals surface area (Å²) in [7, 11) is 0. The van der Waals surface area contributed by atoms with Gasteiger partial charge in [0.25, 0.3) is 6.43 Å². The number of halogens is 2. The highest BCUT2D eigenvalue weighted by Gasteiger charge is 2.26.